The van der Waals surface area contributed by atoms with Gasteiger partial charge in [0.05, 0.1) is 16.9 Å². The average molecular weight is 376 g/mol. The van der Waals surface area contributed by atoms with Crippen molar-refractivity contribution in [3.05, 3.63) is 58.1 Å². The van der Waals surface area contributed by atoms with E-state index >= 15 is 0 Å². The van der Waals surface area contributed by atoms with E-state index in [-0.39, 0.29) is 11.3 Å². The monoisotopic (exact) mass is 375 g/mol. The second kappa shape index (κ2) is 7.06. The molecule has 0 bridgehead atoms. The van der Waals surface area contributed by atoms with Gasteiger partial charge in [0.2, 0.25) is 0 Å². The minimum absolute atomic E-state index is 0.130. The molecule has 0 aliphatic carbocycles. The molecule has 7 heteroatoms. The van der Waals surface area contributed by atoms with Gasteiger partial charge in [-0.25, -0.2) is 0 Å². The van der Waals surface area contributed by atoms with Gasteiger partial charge in [-0.05, 0) is 52.7 Å². The largest absolute Gasteiger partial charge is 0.366 e. The van der Waals surface area contributed by atoms with E-state index in [9.17, 15) is 14.4 Å². The van der Waals surface area contributed by atoms with Crippen LogP contribution in [0.15, 0.2) is 46.9 Å². The first-order valence-electron chi connectivity index (χ1n) is 6.66. The first-order chi connectivity index (χ1) is 10.9. The lowest BCUT2D eigenvalue weighted by Crippen LogP contribution is -2.30. The molecule has 0 aromatic heterocycles. The molecule has 6 nitrogen and oxygen atoms in total. The average Bonchev–Trinajstić information content (AvgIpc) is 2.50. The summed E-state index contributed by atoms with van der Waals surface area (Å²) in [6.45, 7) is 1.91. The number of hydrogen-bond donors (Lipinski definition) is 3. The summed E-state index contributed by atoms with van der Waals surface area (Å²) in [5.41, 5.74) is 7.02. The quantitative estimate of drug-likeness (QED) is 0.717. The number of carbonyl (C=O) groups is 3. The number of carbonyl (C=O) groups excluding carboxylic acids is 3. The van der Waals surface area contributed by atoms with E-state index in [1.807, 2.05) is 13.0 Å². The first kappa shape index (κ1) is 16.7. The number of nitrogens with two attached hydrogens (primary N) is 1. The van der Waals surface area contributed by atoms with Crippen LogP contribution in [0, 0.1) is 6.92 Å². The zero-order valence-electron chi connectivity index (χ0n) is 12.2. The number of anilines is 2. The molecule has 118 valence electrons. The number of aryl methyl sites for hydroxylation is 1. The van der Waals surface area contributed by atoms with E-state index in [2.05, 4.69) is 26.6 Å². The Morgan fingerprint density at radius 1 is 0.957 bits per heavy atom. The summed E-state index contributed by atoms with van der Waals surface area (Å²) in [7, 11) is 0. The number of benzene rings is 2. The molecule has 0 heterocycles. The summed E-state index contributed by atoms with van der Waals surface area (Å²) in [5.74, 6) is -2.44. The molecule has 23 heavy (non-hydrogen) atoms. The number of halogens is 1. The van der Waals surface area contributed by atoms with E-state index in [0.717, 1.165) is 5.56 Å². The van der Waals surface area contributed by atoms with Crippen LogP contribution in [0.1, 0.15) is 15.9 Å². The molecule has 0 unspecified atom stereocenters. The molecule has 0 atom stereocenters. The molecule has 0 fully saturated rings. The fourth-order valence-electron chi connectivity index (χ4n) is 1.89. The minimum atomic E-state index is -0.897. The molecule has 2 rings (SSSR count). The van der Waals surface area contributed by atoms with Crippen molar-refractivity contribution in [2.24, 2.45) is 5.73 Å². The third-order valence-electron chi connectivity index (χ3n) is 3.02. The third kappa shape index (κ3) is 4.17. The molecule has 3 amide bonds. The Kier molecular flexibility index (Phi) is 5.13. The van der Waals surface area contributed by atoms with Gasteiger partial charge in [0.15, 0.2) is 0 Å². The smallest absolute Gasteiger partial charge is 0.314 e. The number of primary amides is 1. The highest BCUT2D eigenvalue weighted by Gasteiger charge is 2.17. The van der Waals surface area contributed by atoms with Crippen LogP contribution in [0.25, 0.3) is 0 Å². The van der Waals surface area contributed by atoms with Gasteiger partial charge in [-0.1, -0.05) is 18.2 Å². The minimum Gasteiger partial charge on any atom is -0.366 e. The first-order valence-corrected chi connectivity index (χ1v) is 7.45. The second-order valence-electron chi connectivity index (χ2n) is 4.80. The highest BCUT2D eigenvalue weighted by Crippen LogP contribution is 2.23. The van der Waals surface area contributed by atoms with Crippen molar-refractivity contribution < 1.29 is 14.4 Å². The van der Waals surface area contributed by atoms with Gasteiger partial charge in [0.1, 0.15) is 0 Å². The zero-order chi connectivity index (χ0) is 17.0. The fourth-order valence-corrected chi connectivity index (χ4v) is 2.48. The fraction of sp³-hybridized carbons (Fsp3) is 0.0625. The van der Waals surface area contributed by atoms with Crippen molar-refractivity contribution in [1.29, 1.82) is 0 Å². The summed E-state index contributed by atoms with van der Waals surface area (Å²) >= 11 is 3.31. The summed E-state index contributed by atoms with van der Waals surface area (Å²) < 4.78 is 0.663. The Hall–Kier alpha value is -2.67. The van der Waals surface area contributed by atoms with E-state index in [1.165, 1.54) is 12.1 Å². The van der Waals surface area contributed by atoms with E-state index in [1.54, 1.807) is 24.3 Å². The van der Waals surface area contributed by atoms with Crippen molar-refractivity contribution in [3.8, 4) is 0 Å². The zero-order valence-corrected chi connectivity index (χ0v) is 13.8. The van der Waals surface area contributed by atoms with Gasteiger partial charge in [0, 0.05) is 4.47 Å². The summed E-state index contributed by atoms with van der Waals surface area (Å²) in [5, 5.41) is 4.87. The molecular formula is C16H14BrN3O3. The lowest BCUT2D eigenvalue weighted by Gasteiger charge is -2.10. The summed E-state index contributed by atoms with van der Waals surface area (Å²) in [6, 6.07) is 11.5. The van der Waals surface area contributed by atoms with Crippen LogP contribution < -0.4 is 16.4 Å². The number of para-hydroxylation sites is 1. The van der Waals surface area contributed by atoms with Gasteiger partial charge in [-0.3, -0.25) is 14.4 Å². The Bertz CT molecular complexity index is 790. The van der Waals surface area contributed by atoms with Crippen LogP contribution in [-0.4, -0.2) is 17.7 Å². The van der Waals surface area contributed by atoms with Gasteiger partial charge < -0.3 is 16.4 Å². The number of rotatable bonds is 3. The number of amides is 3. The highest BCUT2D eigenvalue weighted by atomic mass is 79.9. The molecule has 0 aliphatic rings. The van der Waals surface area contributed by atoms with Crippen molar-refractivity contribution in [2.75, 3.05) is 10.6 Å². The Labute approximate surface area is 141 Å². The number of nitrogens with one attached hydrogen (secondary N) is 2. The topological polar surface area (TPSA) is 101 Å². The van der Waals surface area contributed by atoms with Gasteiger partial charge >= 0.3 is 11.8 Å². The molecule has 0 radical (unpaired) electrons. The molecule has 0 spiro atoms. The van der Waals surface area contributed by atoms with Crippen molar-refractivity contribution in [1.82, 2.24) is 0 Å². The van der Waals surface area contributed by atoms with Gasteiger partial charge in [0.25, 0.3) is 5.91 Å². The Morgan fingerprint density at radius 2 is 1.57 bits per heavy atom. The van der Waals surface area contributed by atoms with Crippen molar-refractivity contribution in [2.45, 2.75) is 6.92 Å². The molecule has 0 aliphatic heterocycles. The van der Waals surface area contributed by atoms with Crippen LogP contribution in [0.3, 0.4) is 0 Å². The number of hydrogen-bond acceptors (Lipinski definition) is 3. The third-order valence-corrected chi connectivity index (χ3v) is 3.68. The van der Waals surface area contributed by atoms with E-state index in [0.29, 0.717) is 10.2 Å². The van der Waals surface area contributed by atoms with Crippen molar-refractivity contribution in [3.63, 3.8) is 0 Å². The molecular weight excluding hydrogens is 362 g/mol. The SMILES string of the molecule is Cc1ccc(NC(=O)C(=O)Nc2ccccc2C(N)=O)c(Br)c1. The van der Waals surface area contributed by atoms with Crippen LogP contribution >= 0.6 is 15.9 Å². The summed E-state index contributed by atoms with van der Waals surface area (Å²) in [4.78, 5) is 35.3. The predicted molar refractivity (Wildman–Crippen MR) is 91.1 cm³/mol. The maximum atomic E-state index is 12.0. The van der Waals surface area contributed by atoms with Gasteiger partial charge in [-0.2, -0.15) is 0 Å². The Morgan fingerprint density at radius 3 is 2.17 bits per heavy atom. The normalized spacial score (nSPS) is 10.0. The molecule has 4 N–H and O–H groups in total. The van der Waals surface area contributed by atoms with E-state index in [4.69, 9.17) is 5.73 Å². The molecule has 2 aromatic rings. The molecule has 0 saturated heterocycles. The van der Waals surface area contributed by atoms with Crippen molar-refractivity contribution >= 4 is 45.0 Å². The standard InChI is InChI=1S/C16H14BrN3O3/c1-9-6-7-13(11(17)8-9)20-16(23)15(22)19-12-5-3-2-4-10(12)14(18)21/h2-8H,1H3,(H2,18,21)(H,19,22)(H,20,23). The Balaban J connectivity index is 2.12. The lowest BCUT2D eigenvalue weighted by molar-refractivity contribution is -0.133. The second-order valence-corrected chi connectivity index (χ2v) is 5.66. The lowest BCUT2D eigenvalue weighted by atomic mass is 10.1. The summed E-state index contributed by atoms with van der Waals surface area (Å²) in [6.07, 6.45) is 0. The maximum Gasteiger partial charge on any atom is 0.314 e. The van der Waals surface area contributed by atoms with Crippen LogP contribution in [0.5, 0.6) is 0 Å². The van der Waals surface area contributed by atoms with Crippen LogP contribution in [-0.2, 0) is 9.59 Å². The highest BCUT2D eigenvalue weighted by molar-refractivity contribution is 9.10. The molecule has 0 saturated carbocycles. The maximum absolute atomic E-state index is 12.0. The molecule has 2 aromatic carbocycles. The van der Waals surface area contributed by atoms with E-state index < -0.39 is 17.7 Å². The van der Waals surface area contributed by atoms with Gasteiger partial charge in [-0.15, -0.1) is 0 Å². The predicted octanol–water partition coefficient (Wildman–Crippen LogP) is 2.43. The van der Waals surface area contributed by atoms with Crippen LogP contribution in [0.2, 0.25) is 0 Å². The van der Waals surface area contributed by atoms with Crippen LogP contribution in [0.4, 0.5) is 11.4 Å².